The molecule has 130 valence electrons. The second-order valence-corrected chi connectivity index (χ2v) is 8.30. The lowest BCUT2D eigenvalue weighted by molar-refractivity contribution is 1.14. The monoisotopic (exact) mass is 396 g/mol. The first-order valence-corrected chi connectivity index (χ1v) is 10.5. The minimum atomic E-state index is 0.640. The molecule has 0 aliphatic heterocycles. The third-order valence-corrected chi connectivity index (χ3v) is 6.19. The third-order valence-electron chi connectivity index (χ3n) is 4.06. The molecule has 0 saturated heterocycles. The summed E-state index contributed by atoms with van der Waals surface area (Å²) in [6.07, 6.45) is 4.91. The summed E-state index contributed by atoms with van der Waals surface area (Å²) in [6, 6.07) is 20.9. The number of fused-ring (bicyclic) bond motifs is 1. The molecule has 4 rings (SSSR count). The van der Waals surface area contributed by atoms with Crippen molar-refractivity contribution >= 4 is 47.1 Å². The van der Waals surface area contributed by atoms with Crippen molar-refractivity contribution in [2.45, 2.75) is 17.2 Å². The Morgan fingerprint density at radius 2 is 1.85 bits per heavy atom. The molecule has 2 aromatic carbocycles. The Morgan fingerprint density at radius 1 is 1.04 bits per heavy atom. The molecule has 0 amide bonds. The van der Waals surface area contributed by atoms with Gasteiger partial charge in [0.15, 0.2) is 0 Å². The van der Waals surface area contributed by atoms with Crippen LogP contribution in [0.15, 0.2) is 76.8 Å². The van der Waals surface area contributed by atoms with Crippen molar-refractivity contribution in [1.82, 2.24) is 4.98 Å². The van der Waals surface area contributed by atoms with Gasteiger partial charge in [-0.25, -0.2) is 4.98 Å². The van der Waals surface area contributed by atoms with Crippen molar-refractivity contribution in [2.24, 2.45) is 0 Å². The molecule has 1 heterocycles. The number of nitrogens with one attached hydrogen (secondary N) is 1. The van der Waals surface area contributed by atoms with Gasteiger partial charge in [0.05, 0.1) is 10.7 Å². The minimum absolute atomic E-state index is 0.640. The normalized spacial score (nSPS) is 12.6. The van der Waals surface area contributed by atoms with Crippen molar-refractivity contribution in [1.29, 1.82) is 0 Å². The van der Waals surface area contributed by atoms with Gasteiger partial charge in [0.2, 0.25) is 0 Å². The Bertz CT molecular complexity index is 942. The molecule has 1 N–H and O–H groups in total. The van der Waals surface area contributed by atoms with E-state index in [-0.39, 0.29) is 0 Å². The topological polar surface area (TPSA) is 24.9 Å². The van der Waals surface area contributed by atoms with Crippen molar-refractivity contribution in [3.8, 4) is 0 Å². The highest BCUT2D eigenvalue weighted by atomic mass is 35.5. The van der Waals surface area contributed by atoms with Crippen LogP contribution in [0.2, 0.25) is 5.02 Å². The maximum atomic E-state index is 6.17. The number of anilines is 1. The van der Waals surface area contributed by atoms with Gasteiger partial charge in [0.25, 0.3) is 0 Å². The van der Waals surface area contributed by atoms with Gasteiger partial charge in [-0.1, -0.05) is 78.0 Å². The summed E-state index contributed by atoms with van der Waals surface area (Å²) in [5.74, 6) is 0.878. The molecule has 0 unspecified atom stereocenters. The molecule has 1 aliphatic rings. The summed E-state index contributed by atoms with van der Waals surface area (Å²) in [5, 5.41) is 1.60. The van der Waals surface area contributed by atoms with Crippen molar-refractivity contribution in [3.63, 3.8) is 0 Å². The molecule has 0 bridgehead atoms. The second kappa shape index (κ2) is 8.21. The number of thioether (sulfide) groups is 1. The average molecular weight is 397 g/mol. The van der Waals surface area contributed by atoms with Crippen LogP contribution in [-0.2, 0) is 12.2 Å². The van der Waals surface area contributed by atoms with E-state index >= 15 is 0 Å². The summed E-state index contributed by atoms with van der Waals surface area (Å²) in [7, 11) is 0. The van der Waals surface area contributed by atoms with E-state index in [2.05, 4.69) is 64.3 Å². The zero-order valence-electron chi connectivity index (χ0n) is 14.0. The van der Waals surface area contributed by atoms with Gasteiger partial charge in [-0.05, 0) is 40.8 Å². The fourth-order valence-electron chi connectivity index (χ4n) is 2.78. The molecule has 2 nitrogen and oxygen atoms in total. The molecule has 0 saturated carbocycles. The predicted octanol–water partition coefficient (Wildman–Crippen LogP) is 6.68. The minimum Gasteiger partial charge on any atom is -0.324 e. The number of nitrogens with zero attached hydrogens (tertiary/aromatic N) is 1. The van der Waals surface area contributed by atoms with E-state index in [1.807, 2.05) is 12.1 Å². The van der Waals surface area contributed by atoms with E-state index in [0.717, 1.165) is 22.9 Å². The maximum Gasteiger partial charge on any atom is 0.120 e. The number of benzene rings is 2. The molecule has 3 aromatic rings. The standard InChI is InChI=1S/C21H17ClN2S2/c22-18-12-20(21(23-13-18)25-14-15-6-2-1-3-7-15)24-26-19-10-16-8-4-5-9-17(16)11-19/h1-10,12-13,24H,11,14H2. The highest BCUT2D eigenvalue weighted by molar-refractivity contribution is 8.04. The molecule has 26 heavy (non-hydrogen) atoms. The quantitative estimate of drug-likeness (QED) is 0.371. The Hall–Kier alpha value is -1.88. The van der Waals surface area contributed by atoms with Crippen LogP contribution >= 0.6 is 35.3 Å². The van der Waals surface area contributed by atoms with Gasteiger partial charge in [-0.2, -0.15) is 0 Å². The predicted molar refractivity (Wildman–Crippen MR) is 115 cm³/mol. The van der Waals surface area contributed by atoms with Crippen LogP contribution in [0.3, 0.4) is 0 Å². The molecule has 1 aliphatic carbocycles. The molecular formula is C21H17ClN2S2. The van der Waals surface area contributed by atoms with Gasteiger partial charge in [-0.15, -0.1) is 0 Å². The summed E-state index contributed by atoms with van der Waals surface area (Å²) in [5.41, 5.74) is 4.92. The van der Waals surface area contributed by atoms with Crippen LogP contribution in [-0.4, -0.2) is 4.98 Å². The summed E-state index contributed by atoms with van der Waals surface area (Å²) in [4.78, 5) is 5.81. The van der Waals surface area contributed by atoms with Crippen molar-refractivity contribution in [3.05, 3.63) is 93.5 Å². The first-order chi connectivity index (χ1) is 12.8. The molecular weight excluding hydrogens is 380 g/mol. The number of allylic oxidation sites excluding steroid dienone is 1. The average Bonchev–Trinajstić information content (AvgIpc) is 3.09. The van der Waals surface area contributed by atoms with Crippen LogP contribution in [0.25, 0.3) is 6.08 Å². The first kappa shape index (κ1) is 17.5. The highest BCUT2D eigenvalue weighted by Gasteiger charge is 2.14. The van der Waals surface area contributed by atoms with Gasteiger partial charge in [-0.3, -0.25) is 0 Å². The van der Waals surface area contributed by atoms with Gasteiger partial charge in [0, 0.05) is 23.3 Å². The zero-order chi connectivity index (χ0) is 17.8. The van der Waals surface area contributed by atoms with Gasteiger partial charge >= 0.3 is 0 Å². The molecule has 0 fully saturated rings. The van der Waals surface area contributed by atoms with Crippen LogP contribution in [0.5, 0.6) is 0 Å². The SMILES string of the molecule is Clc1cnc(SCc2ccccc2)c(NSC2=Cc3ccccc3C2)c1. The summed E-state index contributed by atoms with van der Waals surface area (Å²) < 4.78 is 3.45. The van der Waals surface area contributed by atoms with E-state index in [0.29, 0.717) is 5.02 Å². The van der Waals surface area contributed by atoms with E-state index < -0.39 is 0 Å². The third kappa shape index (κ3) is 4.26. The van der Waals surface area contributed by atoms with E-state index in [1.165, 1.54) is 21.6 Å². The molecule has 5 heteroatoms. The fraction of sp³-hybridized carbons (Fsp3) is 0.0952. The zero-order valence-corrected chi connectivity index (χ0v) is 16.4. The Kier molecular flexibility index (Phi) is 5.54. The van der Waals surface area contributed by atoms with Crippen LogP contribution in [0.4, 0.5) is 5.69 Å². The van der Waals surface area contributed by atoms with E-state index in [4.69, 9.17) is 11.6 Å². The highest BCUT2D eigenvalue weighted by Crippen LogP contribution is 2.36. The summed E-state index contributed by atoms with van der Waals surface area (Å²) >= 11 is 9.52. The van der Waals surface area contributed by atoms with Crippen molar-refractivity contribution in [2.75, 3.05) is 4.72 Å². The smallest absolute Gasteiger partial charge is 0.120 e. The van der Waals surface area contributed by atoms with E-state index in [1.54, 1.807) is 29.9 Å². The maximum absolute atomic E-state index is 6.17. The van der Waals surface area contributed by atoms with Crippen LogP contribution < -0.4 is 4.72 Å². The molecule has 0 spiro atoms. The molecule has 0 radical (unpaired) electrons. The summed E-state index contributed by atoms with van der Waals surface area (Å²) in [6.45, 7) is 0. The number of rotatable bonds is 6. The Morgan fingerprint density at radius 3 is 2.69 bits per heavy atom. The Labute approximate surface area is 167 Å². The van der Waals surface area contributed by atoms with Crippen LogP contribution in [0.1, 0.15) is 16.7 Å². The number of halogens is 1. The lowest BCUT2D eigenvalue weighted by atomic mass is 10.1. The largest absolute Gasteiger partial charge is 0.324 e. The first-order valence-electron chi connectivity index (χ1n) is 8.31. The number of hydrogen-bond acceptors (Lipinski definition) is 4. The second-order valence-electron chi connectivity index (χ2n) is 5.97. The molecule has 0 atom stereocenters. The van der Waals surface area contributed by atoms with Gasteiger partial charge < -0.3 is 4.72 Å². The Balaban J connectivity index is 1.44. The number of pyridine rings is 1. The van der Waals surface area contributed by atoms with Gasteiger partial charge in [0.1, 0.15) is 5.03 Å². The number of hydrogen-bond donors (Lipinski definition) is 1. The van der Waals surface area contributed by atoms with Crippen molar-refractivity contribution < 1.29 is 0 Å². The van der Waals surface area contributed by atoms with Crippen LogP contribution in [0, 0.1) is 0 Å². The lowest BCUT2D eigenvalue weighted by Gasteiger charge is -2.11. The lowest BCUT2D eigenvalue weighted by Crippen LogP contribution is -1.94. The fourth-order valence-corrected chi connectivity index (χ4v) is 4.70. The van der Waals surface area contributed by atoms with E-state index in [9.17, 15) is 0 Å². The number of aromatic nitrogens is 1. The molecule has 1 aromatic heterocycles.